The Morgan fingerprint density at radius 1 is 1.23 bits per heavy atom. The normalized spacial score (nSPS) is 15.5. The van der Waals surface area contributed by atoms with Crippen LogP contribution < -0.4 is 5.32 Å². The molecule has 158 valence electrons. The minimum Gasteiger partial charge on any atom is -0.384 e. The number of amides is 1. The van der Waals surface area contributed by atoms with E-state index in [2.05, 4.69) is 54.2 Å². The van der Waals surface area contributed by atoms with Gasteiger partial charge < -0.3 is 14.6 Å². The zero-order valence-electron chi connectivity index (χ0n) is 17.5. The van der Waals surface area contributed by atoms with Crippen LogP contribution in [-0.2, 0) is 29.0 Å². The highest BCUT2D eigenvalue weighted by atomic mass is 16.5. The Balaban J connectivity index is 1.40. The van der Waals surface area contributed by atoms with Gasteiger partial charge in [0.25, 0.3) is 0 Å². The van der Waals surface area contributed by atoms with E-state index in [9.17, 15) is 4.79 Å². The molecule has 0 saturated heterocycles. The maximum Gasteiger partial charge on any atom is 0.222 e. The van der Waals surface area contributed by atoms with Crippen molar-refractivity contribution in [2.45, 2.75) is 38.9 Å². The first-order valence-electron chi connectivity index (χ1n) is 10.4. The fraction of sp³-hybridized carbons (Fsp3) is 0.455. The van der Waals surface area contributed by atoms with Crippen LogP contribution in [0.1, 0.15) is 36.6 Å². The van der Waals surface area contributed by atoms with E-state index < -0.39 is 0 Å². The van der Waals surface area contributed by atoms with Crippen LogP contribution in [0, 0.1) is 0 Å². The van der Waals surface area contributed by atoms with Gasteiger partial charge in [-0.25, -0.2) is 0 Å². The monoisotopic (exact) mass is 408 g/mol. The number of hydrogen-bond donors (Lipinski definition) is 1. The largest absolute Gasteiger partial charge is 0.384 e. The SMILES string of the molecule is COCCC(=O)NC(C)c1nnc2n1CCN(Cc1ccc3ncccc3c1)CC2. The van der Waals surface area contributed by atoms with Gasteiger partial charge in [-0.15, -0.1) is 10.2 Å². The third-order valence-corrected chi connectivity index (χ3v) is 5.52. The van der Waals surface area contributed by atoms with Crippen molar-refractivity contribution in [2.24, 2.45) is 0 Å². The van der Waals surface area contributed by atoms with Gasteiger partial charge in [-0.3, -0.25) is 14.7 Å². The molecule has 8 nitrogen and oxygen atoms in total. The van der Waals surface area contributed by atoms with Crippen molar-refractivity contribution in [2.75, 3.05) is 26.8 Å². The van der Waals surface area contributed by atoms with E-state index in [1.807, 2.05) is 19.2 Å². The van der Waals surface area contributed by atoms with Crippen molar-refractivity contribution in [3.8, 4) is 0 Å². The van der Waals surface area contributed by atoms with Crippen molar-refractivity contribution in [3.63, 3.8) is 0 Å². The molecule has 0 radical (unpaired) electrons. The summed E-state index contributed by atoms with van der Waals surface area (Å²) in [6.07, 6.45) is 3.01. The van der Waals surface area contributed by atoms with E-state index in [4.69, 9.17) is 4.74 Å². The lowest BCUT2D eigenvalue weighted by atomic mass is 10.1. The Labute approximate surface area is 176 Å². The minimum absolute atomic E-state index is 0.0391. The van der Waals surface area contributed by atoms with Crippen LogP contribution in [0.15, 0.2) is 36.5 Å². The summed E-state index contributed by atoms with van der Waals surface area (Å²) in [5.74, 6) is 1.75. The Morgan fingerprint density at radius 3 is 3.00 bits per heavy atom. The predicted molar refractivity (Wildman–Crippen MR) is 114 cm³/mol. The first kappa shape index (κ1) is 20.4. The van der Waals surface area contributed by atoms with Gasteiger partial charge in [0.1, 0.15) is 5.82 Å². The molecule has 1 amide bonds. The van der Waals surface area contributed by atoms with Crippen LogP contribution in [0.3, 0.4) is 0 Å². The number of hydrogen-bond acceptors (Lipinski definition) is 6. The summed E-state index contributed by atoms with van der Waals surface area (Å²) in [6.45, 7) is 5.90. The second-order valence-corrected chi connectivity index (χ2v) is 7.71. The molecule has 3 aromatic rings. The van der Waals surface area contributed by atoms with Crippen LogP contribution in [0.5, 0.6) is 0 Å². The molecule has 30 heavy (non-hydrogen) atoms. The number of nitrogens with zero attached hydrogens (tertiary/aromatic N) is 5. The summed E-state index contributed by atoms with van der Waals surface area (Å²) in [7, 11) is 1.59. The van der Waals surface area contributed by atoms with Gasteiger partial charge >= 0.3 is 0 Å². The van der Waals surface area contributed by atoms with E-state index in [-0.39, 0.29) is 11.9 Å². The summed E-state index contributed by atoms with van der Waals surface area (Å²) in [5.41, 5.74) is 2.31. The number of rotatable bonds is 7. The Morgan fingerprint density at radius 2 is 2.13 bits per heavy atom. The van der Waals surface area contributed by atoms with Crippen LogP contribution in [0.25, 0.3) is 10.9 Å². The predicted octanol–water partition coefficient (Wildman–Crippen LogP) is 2.10. The molecule has 1 N–H and O–H groups in total. The van der Waals surface area contributed by atoms with E-state index in [1.165, 1.54) is 10.9 Å². The van der Waals surface area contributed by atoms with Gasteiger partial charge in [0.15, 0.2) is 5.82 Å². The third kappa shape index (κ3) is 4.66. The van der Waals surface area contributed by atoms with Crippen molar-refractivity contribution in [1.82, 2.24) is 30.0 Å². The molecule has 8 heteroatoms. The fourth-order valence-electron chi connectivity index (χ4n) is 3.92. The summed E-state index contributed by atoms with van der Waals surface area (Å²) in [6, 6.07) is 10.4. The number of aromatic nitrogens is 4. The standard InChI is InChI=1S/C22H28N6O2/c1-16(24-21(29)8-13-30-2)22-26-25-20-7-10-27(11-12-28(20)22)15-17-5-6-19-18(14-17)4-3-9-23-19/h3-6,9,14,16H,7-8,10-13,15H2,1-2H3,(H,24,29). The van der Waals surface area contributed by atoms with Crippen molar-refractivity contribution in [1.29, 1.82) is 0 Å². The first-order valence-corrected chi connectivity index (χ1v) is 10.4. The second-order valence-electron chi connectivity index (χ2n) is 7.71. The number of nitrogens with one attached hydrogen (secondary N) is 1. The van der Waals surface area contributed by atoms with E-state index >= 15 is 0 Å². The van der Waals surface area contributed by atoms with Crippen LogP contribution in [0.4, 0.5) is 0 Å². The van der Waals surface area contributed by atoms with Crippen LogP contribution in [0.2, 0.25) is 0 Å². The molecule has 0 spiro atoms. The number of pyridine rings is 1. The van der Waals surface area contributed by atoms with Gasteiger partial charge in [-0.2, -0.15) is 0 Å². The highest BCUT2D eigenvalue weighted by molar-refractivity contribution is 5.78. The topological polar surface area (TPSA) is 85.2 Å². The molecule has 1 aromatic carbocycles. The Kier molecular flexibility index (Phi) is 6.35. The lowest BCUT2D eigenvalue weighted by Crippen LogP contribution is -2.30. The molecule has 2 aromatic heterocycles. The quantitative estimate of drug-likeness (QED) is 0.644. The first-order chi connectivity index (χ1) is 14.6. The fourth-order valence-corrected chi connectivity index (χ4v) is 3.92. The molecule has 1 unspecified atom stereocenters. The summed E-state index contributed by atoms with van der Waals surface area (Å²) in [5, 5.41) is 12.9. The van der Waals surface area contributed by atoms with Gasteiger partial charge in [0.05, 0.1) is 18.2 Å². The molecule has 0 fully saturated rings. The Bertz CT molecular complexity index is 1020. The molecule has 0 saturated carbocycles. The average Bonchev–Trinajstić information content (AvgIpc) is 3.07. The molecular weight excluding hydrogens is 380 g/mol. The smallest absolute Gasteiger partial charge is 0.222 e. The Hall–Kier alpha value is -2.84. The average molecular weight is 409 g/mol. The molecule has 1 aliphatic rings. The number of benzene rings is 1. The molecule has 0 aliphatic carbocycles. The number of fused-ring (bicyclic) bond motifs is 2. The van der Waals surface area contributed by atoms with E-state index in [0.717, 1.165) is 49.8 Å². The maximum atomic E-state index is 12.0. The lowest BCUT2D eigenvalue weighted by molar-refractivity contribution is -0.122. The number of carbonyl (C=O) groups excluding carboxylic acids is 1. The summed E-state index contributed by atoms with van der Waals surface area (Å²) >= 11 is 0. The van der Waals surface area contributed by atoms with Crippen molar-refractivity contribution >= 4 is 16.8 Å². The number of ether oxygens (including phenoxy) is 1. The molecule has 1 aliphatic heterocycles. The zero-order valence-corrected chi connectivity index (χ0v) is 17.5. The number of carbonyl (C=O) groups is 1. The van der Waals surface area contributed by atoms with Gasteiger partial charge in [0, 0.05) is 57.7 Å². The summed E-state index contributed by atoms with van der Waals surface area (Å²) < 4.78 is 7.13. The van der Waals surface area contributed by atoms with E-state index in [1.54, 1.807) is 7.11 Å². The van der Waals surface area contributed by atoms with Crippen molar-refractivity contribution < 1.29 is 9.53 Å². The summed E-state index contributed by atoms with van der Waals surface area (Å²) in [4.78, 5) is 18.9. The lowest BCUT2D eigenvalue weighted by Gasteiger charge is -2.20. The van der Waals surface area contributed by atoms with Crippen LogP contribution in [-0.4, -0.2) is 57.4 Å². The second kappa shape index (κ2) is 9.32. The van der Waals surface area contributed by atoms with Gasteiger partial charge in [0.2, 0.25) is 5.91 Å². The third-order valence-electron chi connectivity index (χ3n) is 5.52. The number of methoxy groups -OCH3 is 1. The minimum atomic E-state index is -0.185. The molecule has 3 heterocycles. The maximum absolute atomic E-state index is 12.0. The highest BCUT2D eigenvalue weighted by Gasteiger charge is 2.22. The highest BCUT2D eigenvalue weighted by Crippen LogP contribution is 2.19. The van der Waals surface area contributed by atoms with Gasteiger partial charge in [-0.05, 0) is 30.7 Å². The van der Waals surface area contributed by atoms with E-state index in [0.29, 0.717) is 13.0 Å². The van der Waals surface area contributed by atoms with Crippen molar-refractivity contribution in [3.05, 3.63) is 53.7 Å². The molecule has 1 atom stereocenters. The molecule has 4 rings (SSSR count). The molecular formula is C22H28N6O2. The van der Waals surface area contributed by atoms with Gasteiger partial charge in [-0.1, -0.05) is 12.1 Å². The molecule has 0 bridgehead atoms. The zero-order chi connectivity index (χ0) is 20.9. The van der Waals surface area contributed by atoms with Crippen LogP contribution >= 0.6 is 0 Å².